The summed E-state index contributed by atoms with van der Waals surface area (Å²) in [4.78, 5) is 0. The largest absolute Gasteiger partial charge is 0.392 e. The zero-order valence-corrected chi connectivity index (χ0v) is 14.9. The van der Waals surface area contributed by atoms with Gasteiger partial charge in [0.2, 0.25) is 0 Å². The second-order valence-corrected chi connectivity index (χ2v) is 9.85. The van der Waals surface area contributed by atoms with Crippen LogP contribution in [-0.4, -0.2) is 22.4 Å². The maximum Gasteiger partial charge on any atom is 0.0641 e. The van der Waals surface area contributed by atoms with Gasteiger partial charge in [0.1, 0.15) is 0 Å². The molecule has 0 saturated heterocycles. The van der Waals surface area contributed by atoms with Gasteiger partial charge in [0.25, 0.3) is 0 Å². The van der Waals surface area contributed by atoms with Crippen LogP contribution in [0.15, 0.2) is 0 Å². The third kappa shape index (κ3) is 4.46. The predicted molar refractivity (Wildman–Crippen MR) is 85.6 cm³/mol. The third-order valence-electron chi connectivity index (χ3n) is 5.04. The Morgan fingerprint density at radius 2 is 0.850 bits per heavy atom. The molecule has 0 radical (unpaired) electrons. The summed E-state index contributed by atoms with van der Waals surface area (Å²) in [5, 5.41) is 19.6. The highest BCUT2D eigenvalue weighted by atomic mass is 16.3. The van der Waals surface area contributed by atoms with Gasteiger partial charge in [-0.3, -0.25) is 0 Å². The first-order chi connectivity index (χ1) is 8.72. The molecule has 2 atom stereocenters. The Balaban J connectivity index is 0.000000200. The lowest BCUT2D eigenvalue weighted by Crippen LogP contribution is -2.33. The first kappa shape index (κ1) is 18.0. The molecule has 0 aromatic heterocycles. The van der Waals surface area contributed by atoms with Gasteiger partial charge in [-0.15, -0.1) is 0 Å². The molecule has 120 valence electrons. The molecule has 2 heteroatoms. The van der Waals surface area contributed by atoms with Crippen LogP contribution in [0, 0.1) is 21.7 Å². The van der Waals surface area contributed by atoms with E-state index in [1.54, 1.807) is 0 Å². The number of hydrogen-bond donors (Lipinski definition) is 2. The SMILES string of the molecule is CC(C)(C)C(O)C1(C)CC1.CC(C)(C)C(O)C1(C)CC1. The van der Waals surface area contributed by atoms with Gasteiger partial charge in [-0.2, -0.15) is 0 Å². The van der Waals surface area contributed by atoms with Crippen LogP contribution in [0.5, 0.6) is 0 Å². The Morgan fingerprint density at radius 3 is 0.900 bits per heavy atom. The van der Waals surface area contributed by atoms with Crippen molar-refractivity contribution in [1.82, 2.24) is 0 Å². The van der Waals surface area contributed by atoms with Crippen LogP contribution in [0.2, 0.25) is 0 Å². The van der Waals surface area contributed by atoms with Gasteiger partial charge >= 0.3 is 0 Å². The minimum absolute atomic E-state index is 0.0608. The first-order valence-corrected chi connectivity index (χ1v) is 8.09. The molecule has 0 amide bonds. The molecule has 2 rings (SSSR count). The van der Waals surface area contributed by atoms with Gasteiger partial charge in [0, 0.05) is 0 Å². The molecule has 0 spiro atoms. The zero-order chi connectivity index (χ0) is 16.0. The standard InChI is InChI=1S/2C9H18O/c2*1-8(2,3)7(10)9(4)5-6-9/h2*7,10H,5-6H2,1-4H3. The van der Waals surface area contributed by atoms with E-state index in [2.05, 4.69) is 55.4 Å². The van der Waals surface area contributed by atoms with Crippen LogP contribution >= 0.6 is 0 Å². The average molecular weight is 284 g/mol. The van der Waals surface area contributed by atoms with Crippen molar-refractivity contribution in [2.75, 3.05) is 0 Å². The summed E-state index contributed by atoms with van der Waals surface area (Å²) in [6.07, 6.45) is 4.55. The Morgan fingerprint density at radius 1 is 0.650 bits per heavy atom. The fourth-order valence-electron chi connectivity index (χ4n) is 3.03. The molecule has 0 aromatic carbocycles. The zero-order valence-electron chi connectivity index (χ0n) is 14.9. The summed E-state index contributed by atoms with van der Waals surface area (Å²) < 4.78 is 0. The summed E-state index contributed by atoms with van der Waals surface area (Å²) in [7, 11) is 0. The number of aliphatic hydroxyl groups excluding tert-OH is 2. The van der Waals surface area contributed by atoms with Crippen molar-refractivity contribution in [3.05, 3.63) is 0 Å². The van der Waals surface area contributed by atoms with Crippen molar-refractivity contribution in [3.63, 3.8) is 0 Å². The normalized spacial score (nSPS) is 26.1. The van der Waals surface area contributed by atoms with Gasteiger partial charge in [-0.25, -0.2) is 0 Å². The Labute approximate surface area is 126 Å². The van der Waals surface area contributed by atoms with Crippen LogP contribution in [0.4, 0.5) is 0 Å². The third-order valence-corrected chi connectivity index (χ3v) is 5.04. The van der Waals surface area contributed by atoms with Crippen molar-refractivity contribution in [1.29, 1.82) is 0 Å². The van der Waals surface area contributed by atoms with Crippen LogP contribution < -0.4 is 0 Å². The van der Waals surface area contributed by atoms with Gasteiger partial charge in [-0.05, 0) is 47.3 Å². The first-order valence-electron chi connectivity index (χ1n) is 8.09. The van der Waals surface area contributed by atoms with Gasteiger partial charge in [0.05, 0.1) is 12.2 Å². The lowest BCUT2D eigenvalue weighted by atomic mass is 9.80. The molecule has 2 N–H and O–H groups in total. The molecule has 2 fully saturated rings. The van der Waals surface area contributed by atoms with Crippen LogP contribution in [-0.2, 0) is 0 Å². The summed E-state index contributed by atoms with van der Waals surface area (Å²) in [6, 6.07) is 0. The Bertz CT molecular complexity index is 280. The van der Waals surface area contributed by atoms with Crippen molar-refractivity contribution in [3.8, 4) is 0 Å². The van der Waals surface area contributed by atoms with Crippen molar-refractivity contribution >= 4 is 0 Å². The molecule has 2 aliphatic carbocycles. The molecule has 0 aromatic rings. The van der Waals surface area contributed by atoms with Crippen LogP contribution in [0.25, 0.3) is 0 Å². The molecule has 0 heterocycles. The summed E-state index contributed by atoms with van der Waals surface area (Å²) in [5.74, 6) is 0. The second-order valence-electron chi connectivity index (χ2n) is 9.85. The van der Waals surface area contributed by atoms with Crippen molar-refractivity contribution in [2.45, 2.75) is 93.3 Å². The van der Waals surface area contributed by atoms with E-state index in [1.807, 2.05) is 0 Å². The number of rotatable bonds is 2. The Kier molecular flexibility index (Phi) is 4.74. The lowest BCUT2D eigenvalue weighted by molar-refractivity contribution is 0.00662. The summed E-state index contributed by atoms with van der Waals surface area (Å²) >= 11 is 0. The number of aliphatic hydroxyl groups is 2. The molecule has 0 aliphatic heterocycles. The van der Waals surface area contributed by atoms with Gasteiger partial charge in [0.15, 0.2) is 0 Å². The van der Waals surface area contributed by atoms with Crippen molar-refractivity contribution in [2.24, 2.45) is 21.7 Å². The minimum atomic E-state index is -0.125. The lowest BCUT2D eigenvalue weighted by Gasteiger charge is -2.30. The van der Waals surface area contributed by atoms with Gasteiger partial charge < -0.3 is 10.2 Å². The molecule has 2 unspecified atom stereocenters. The quantitative estimate of drug-likeness (QED) is 0.789. The highest BCUT2D eigenvalue weighted by Gasteiger charge is 2.49. The average Bonchev–Trinajstić information content (AvgIpc) is 3.16. The van der Waals surface area contributed by atoms with Crippen LogP contribution in [0.1, 0.15) is 81.1 Å². The maximum atomic E-state index is 9.78. The molecule has 2 aliphatic rings. The smallest absolute Gasteiger partial charge is 0.0641 e. The fraction of sp³-hybridized carbons (Fsp3) is 1.00. The van der Waals surface area contributed by atoms with Crippen molar-refractivity contribution < 1.29 is 10.2 Å². The van der Waals surface area contributed by atoms with E-state index < -0.39 is 0 Å². The van der Waals surface area contributed by atoms with E-state index in [9.17, 15) is 10.2 Å². The molecule has 0 bridgehead atoms. The minimum Gasteiger partial charge on any atom is -0.392 e. The molecule has 2 nitrogen and oxygen atoms in total. The number of hydrogen-bond acceptors (Lipinski definition) is 2. The molecular weight excluding hydrogens is 248 g/mol. The molecule has 20 heavy (non-hydrogen) atoms. The van der Waals surface area contributed by atoms with E-state index >= 15 is 0 Å². The molecular formula is C18H36O2. The highest BCUT2D eigenvalue weighted by Crippen LogP contribution is 2.53. The van der Waals surface area contributed by atoms with Crippen LogP contribution in [0.3, 0.4) is 0 Å². The predicted octanol–water partition coefficient (Wildman–Crippen LogP) is 4.39. The maximum absolute atomic E-state index is 9.78. The Hall–Kier alpha value is -0.0800. The fourth-order valence-corrected chi connectivity index (χ4v) is 3.03. The topological polar surface area (TPSA) is 40.5 Å². The van der Waals surface area contributed by atoms with E-state index in [-0.39, 0.29) is 33.9 Å². The highest BCUT2D eigenvalue weighted by molar-refractivity contribution is 4.99. The van der Waals surface area contributed by atoms with E-state index in [1.165, 1.54) is 25.7 Å². The summed E-state index contributed by atoms with van der Waals surface area (Å²) in [5.41, 5.74) is 0.618. The second kappa shape index (κ2) is 5.28. The molecule has 2 saturated carbocycles. The van der Waals surface area contributed by atoms with E-state index in [4.69, 9.17) is 0 Å². The van der Waals surface area contributed by atoms with Gasteiger partial charge in [-0.1, -0.05) is 55.4 Å². The monoisotopic (exact) mass is 284 g/mol. The van der Waals surface area contributed by atoms with E-state index in [0.717, 1.165) is 0 Å². The summed E-state index contributed by atoms with van der Waals surface area (Å²) in [6.45, 7) is 16.9. The van der Waals surface area contributed by atoms with E-state index in [0.29, 0.717) is 0 Å².